The first-order valence-corrected chi connectivity index (χ1v) is 10.6. The minimum absolute atomic E-state index is 0. The highest BCUT2D eigenvalue weighted by Gasteiger charge is 2.18. The highest BCUT2D eigenvalue weighted by atomic mass is 127. The van der Waals surface area contributed by atoms with Crippen molar-refractivity contribution in [2.24, 2.45) is 4.99 Å². The Hall–Kier alpha value is -0.350. The van der Waals surface area contributed by atoms with Crippen LogP contribution in [0.4, 0.5) is 4.39 Å². The van der Waals surface area contributed by atoms with Crippen molar-refractivity contribution in [2.45, 2.75) is 37.8 Å². The summed E-state index contributed by atoms with van der Waals surface area (Å²) in [5.74, 6) is 1.78. The summed E-state index contributed by atoms with van der Waals surface area (Å²) in [6.07, 6.45) is 2.00. The maximum absolute atomic E-state index is 13.4. The van der Waals surface area contributed by atoms with E-state index in [0.717, 1.165) is 16.9 Å². The van der Waals surface area contributed by atoms with E-state index < -0.39 is 10.8 Å². The second-order valence-electron chi connectivity index (χ2n) is 6.36. The molecular formula is C17H29FIN3OS2. The predicted molar refractivity (Wildman–Crippen MR) is 120 cm³/mol. The highest BCUT2D eigenvalue weighted by Crippen LogP contribution is 2.16. The summed E-state index contributed by atoms with van der Waals surface area (Å²) < 4.78 is 25.2. The average molecular weight is 501 g/mol. The minimum Gasteiger partial charge on any atom is -0.355 e. The molecule has 2 N–H and O–H groups in total. The van der Waals surface area contributed by atoms with Crippen LogP contribution in [0.2, 0.25) is 0 Å². The SMILES string of the molecule is CN=C(NCCS(=O)C(C)(C)C)NCc1ccc(F)cc1CSC.I. The standard InChI is InChI=1S/C17H28FN3OS2.HI/c1-17(2,3)24(22)9-8-20-16(19-4)21-11-13-6-7-15(18)10-14(13)12-23-5;/h6-7,10H,8-9,11-12H2,1-5H3,(H2,19,20,21);1H. The normalized spacial score (nSPS) is 13.1. The van der Waals surface area contributed by atoms with Gasteiger partial charge in [-0.15, -0.1) is 24.0 Å². The summed E-state index contributed by atoms with van der Waals surface area (Å²) in [7, 11) is 0.804. The van der Waals surface area contributed by atoms with E-state index in [1.807, 2.05) is 27.0 Å². The second kappa shape index (κ2) is 12.1. The number of nitrogens with zero attached hydrogens (tertiary/aromatic N) is 1. The molecule has 1 aromatic rings. The van der Waals surface area contributed by atoms with Gasteiger partial charge in [0.1, 0.15) is 5.82 Å². The van der Waals surface area contributed by atoms with Crippen molar-refractivity contribution in [1.82, 2.24) is 10.6 Å². The maximum atomic E-state index is 13.4. The van der Waals surface area contributed by atoms with Gasteiger partial charge in [-0.25, -0.2) is 4.39 Å². The minimum atomic E-state index is -0.894. The lowest BCUT2D eigenvalue weighted by atomic mass is 10.1. The van der Waals surface area contributed by atoms with E-state index in [1.165, 1.54) is 6.07 Å². The zero-order valence-corrected chi connectivity index (χ0v) is 19.5. The molecule has 0 aliphatic carbocycles. The zero-order valence-electron chi connectivity index (χ0n) is 15.5. The molecule has 0 radical (unpaired) electrons. The smallest absolute Gasteiger partial charge is 0.191 e. The molecule has 4 nitrogen and oxygen atoms in total. The van der Waals surface area contributed by atoms with Crippen molar-refractivity contribution < 1.29 is 8.60 Å². The predicted octanol–water partition coefficient (Wildman–Crippen LogP) is 3.52. The van der Waals surface area contributed by atoms with Crippen LogP contribution in [0.3, 0.4) is 0 Å². The summed E-state index contributed by atoms with van der Waals surface area (Å²) in [5.41, 5.74) is 2.03. The van der Waals surface area contributed by atoms with Crippen molar-refractivity contribution in [1.29, 1.82) is 0 Å². The van der Waals surface area contributed by atoms with Gasteiger partial charge in [0.15, 0.2) is 5.96 Å². The molecule has 0 bridgehead atoms. The van der Waals surface area contributed by atoms with Gasteiger partial charge in [0, 0.05) is 47.2 Å². The molecule has 0 heterocycles. The largest absolute Gasteiger partial charge is 0.355 e. The molecular weight excluding hydrogens is 472 g/mol. The van der Waals surface area contributed by atoms with E-state index in [9.17, 15) is 8.60 Å². The first kappa shape index (κ1) is 24.7. The highest BCUT2D eigenvalue weighted by molar-refractivity contribution is 14.0. The number of hydrogen-bond acceptors (Lipinski definition) is 3. The molecule has 1 aromatic carbocycles. The third-order valence-corrected chi connectivity index (χ3v) is 5.94. The van der Waals surface area contributed by atoms with Crippen molar-refractivity contribution in [3.05, 3.63) is 35.1 Å². The number of hydrogen-bond donors (Lipinski definition) is 2. The summed E-state index contributed by atoms with van der Waals surface area (Å²) in [4.78, 5) is 4.17. The van der Waals surface area contributed by atoms with Crippen molar-refractivity contribution >= 4 is 52.5 Å². The van der Waals surface area contributed by atoms with Crippen LogP contribution < -0.4 is 10.6 Å². The van der Waals surface area contributed by atoms with Gasteiger partial charge >= 0.3 is 0 Å². The number of rotatable bonds is 7. The first-order chi connectivity index (χ1) is 11.3. The van der Waals surface area contributed by atoms with Gasteiger partial charge in [-0.05, 0) is 50.3 Å². The quantitative estimate of drug-likeness (QED) is 0.341. The van der Waals surface area contributed by atoms with Gasteiger partial charge in [-0.2, -0.15) is 11.8 Å². The van der Waals surface area contributed by atoms with E-state index in [0.29, 0.717) is 24.8 Å². The van der Waals surface area contributed by atoms with Gasteiger partial charge < -0.3 is 10.6 Å². The lowest BCUT2D eigenvalue weighted by molar-refractivity contribution is 0.625. The topological polar surface area (TPSA) is 53.5 Å². The zero-order chi connectivity index (χ0) is 18.2. The molecule has 25 heavy (non-hydrogen) atoms. The van der Waals surface area contributed by atoms with Crippen LogP contribution in [0.15, 0.2) is 23.2 Å². The third kappa shape index (κ3) is 9.23. The Morgan fingerprint density at radius 2 is 1.96 bits per heavy atom. The number of aliphatic imine (C=N–C) groups is 1. The molecule has 0 fully saturated rings. The Morgan fingerprint density at radius 1 is 1.28 bits per heavy atom. The molecule has 0 aromatic heterocycles. The van der Waals surface area contributed by atoms with Gasteiger partial charge in [-0.3, -0.25) is 9.20 Å². The maximum Gasteiger partial charge on any atom is 0.191 e. The lowest BCUT2D eigenvalue weighted by Gasteiger charge is -2.18. The van der Waals surface area contributed by atoms with Crippen LogP contribution >= 0.6 is 35.7 Å². The molecule has 0 aliphatic heterocycles. The van der Waals surface area contributed by atoms with Crippen LogP contribution in [0, 0.1) is 5.82 Å². The van der Waals surface area contributed by atoms with Gasteiger partial charge in [0.25, 0.3) is 0 Å². The van der Waals surface area contributed by atoms with E-state index in [4.69, 9.17) is 0 Å². The van der Waals surface area contributed by atoms with Crippen LogP contribution in [0.25, 0.3) is 0 Å². The summed E-state index contributed by atoms with van der Waals surface area (Å²) in [6.45, 7) is 7.07. The molecule has 0 spiro atoms. The van der Waals surface area contributed by atoms with Crippen molar-refractivity contribution in [3.8, 4) is 0 Å². The lowest BCUT2D eigenvalue weighted by Crippen LogP contribution is -2.40. The number of halogens is 2. The Kier molecular flexibility index (Phi) is 11.9. The fourth-order valence-corrected chi connectivity index (χ4v) is 3.50. The molecule has 0 saturated carbocycles. The Bertz CT molecular complexity index is 592. The summed E-state index contributed by atoms with van der Waals surface area (Å²) >= 11 is 1.66. The Morgan fingerprint density at radius 3 is 2.52 bits per heavy atom. The fraction of sp³-hybridized carbons (Fsp3) is 0.588. The van der Waals surface area contributed by atoms with E-state index in [-0.39, 0.29) is 34.5 Å². The molecule has 1 rings (SSSR count). The van der Waals surface area contributed by atoms with Gasteiger partial charge in [0.05, 0.1) is 0 Å². The molecule has 0 saturated heterocycles. The molecule has 0 amide bonds. The van der Waals surface area contributed by atoms with Gasteiger partial charge in [-0.1, -0.05) is 6.07 Å². The molecule has 0 aliphatic rings. The van der Waals surface area contributed by atoms with E-state index in [1.54, 1.807) is 30.9 Å². The van der Waals surface area contributed by atoms with E-state index >= 15 is 0 Å². The third-order valence-electron chi connectivity index (χ3n) is 3.40. The van der Waals surface area contributed by atoms with Crippen LogP contribution in [0.1, 0.15) is 31.9 Å². The van der Waals surface area contributed by atoms with E-state index in [2.05, 4.69) is 15.6 Å². The number of nitrogens with one attached hydrogen (secondary N) is 2. The first-order valence-electron chi connectivity index (χ1n) is 7.87. The average Bonchev–Trinajstić information content (AvgIpc) is 2.51. The Labute approximate surface area is 174 Å². The molecule has 8 heteroatoms. The number of benzene rings is 1. The number of guanidine groups is 1. The van der Waals surface area contributed by atoms with Crippen LogP contribution in [-0.2, 0) is 23.1 Å². The summed E-state index contributed by atoms with van der Waals surface area (Å²) in [6, 6.07) is 4.86. The second-order valence-corrected chi connectivity index (χ2v) is 9.55. The monoisotopic (exact) mass is 501 g/mol. The molecule has 1 atom stereocenters. The summed E-state index contributed by atoms with van der Waals surface area (Å²) in [5, 5.41) is 6.40. The molecule has 144 valence electrons. The van der Waals surface area contributed by atoms with Gasteiger partial charge in [0.2, 0.25) is 0 Å². The van der Waals surface area contributed by atoms with Crippen molar-refractivity contribution in [3.63, 3.8) is 0 Å². The van der Waals surface area contributed by atoms with Crippen molar-refractivity contribution in [2.75, 3.05) is 25.6 Å². The number of thioether (sulfide) groups is 1. The Balaban J connectivity index is 0.00000576. The van der Waals surface area contributed by atoms with Crippen LogP contribution in [-0.4, -0.2) is 40.5 Å². The van der Waals surface area contributed by atoms with Crippen LogP contribution in [0.5, 0.6) is 0 Å². The molecule has 1 unspecified atom stereocenters. The fourth-order valence-electron chi connectivity index (χ4n) is 2.02.